The quantitative estimate of drug-likeness (QED) is 0.448. The summed E-state index contributed by atoms with van der Waals surface area (Å²) < 4.78 is 5.01. The summed E-state index contributed by atoms with van der Waals surface area (Å²) >= 11 is 0. The van der Waals surface area contributed by atoms with E-state index in [-0.39, 0.29) is 11.9 Å². The first-order valence-electron chi connectivity index (χ1n) is 9.80. The average molecular weight is 367 g/mol. The maximum atomic E-state index is 12.3. The van der Waals surface area contributed by atoms with Crippen molar-refractivity contribution in [3.05, 3.63) is 71.0 Å². The van der Waals surface area contributed by atoms with Gasteiger partial charge in [-0.15, -0.1) is 0 Å². The standard InChI is InChI=1S/C23H29NO3/c1-17-9-6-7-13-20(17)22-19(12-8-14-21(22)23(25)26-2)15-24-27-16-18-10-4-3-5-11-18/h6-9,12-15,18,22,24H,3-5,10-11,16H2,1-2H3. The van der Waals surface area contributed by atoms with Crippen LogP contribution in [0.5, 0.6) is 0 Å². The molecule has 1 atom stereocenters. The molecule has 0 aromatic heterocycles. The second-order valence-electron chi connectivity index (χ2n) is 7.34. The number of allylic oxidation sites excluding steroid dienone is 4. The lowest BCUT2D eigenvalue weighted by Gasteiger charge is -2.25. The van der Waals surface area contributed by atoms with Crippen molar-refractivity contribution in [1.82, 2.24) is 5.48 Å². The molecule has 1 aromatic carbocycles. The molecule has 1 N–H and O–H groups in total. The number of benzene rings is 1. The smallest absolute Gasteiger partial charge is 0.334 e. The van der Waals surface area contributed by atoms with E-state index in [1.807, 2.05) is 36.6 Å². The number of nitrogens with one attached hydrogen (secondary N) is 1. The fraction of sp³-hybridized carbons (Fsp3) is 0.435. The minimum atomic E-state index is -0.304. The lowest BCUT2D eigenvalue weighted by atomic mass is 9.80. The van der Waals surface area contributed by atoms with Gasteiger partial charge in [0.1, 0.15) is 0 Å². The number of hydroxylamine groups is 1. The normalized spacial score (nSPS) is 21.8. The van der Waals surface area contributed by atoms with Gasteiger partial charge in [-0.1, -0.05) is 61.8 Å². The van der Waals surface area contributed by atoms with Crippen molar-refractivity contribution < 1.29 is 14.4 Å². The van der Waals surface area contributed by atoms with Crippen molar-refractivity contribution >= 4 is 5.97 Å². The van der Waals surface area contributed by atoms with E-state index in [0.717, 1.165) is 23.3 Å². The van der Waals surface area contributed by atoms with E-state index in [2.05, 4.69) is 24.5 Å². The molecule has 0 heterocycles. The molecule has 0 aliphatic heterocycles. The molecule has 1 aromatic rings. The molecule has 3 rings (SSSR count). The molecule has 0 amide bonds. The Kier molecular flexibility index (Phi) is 6.88. The number of ether oxygens (including phenoxy) is 1. The van der Waals surface area contributed by atoms with Gasteiger partial charge in [-0.2, -0.15) is 0 Å². The van der Waals surface area contributed by atoms with Crippen LogP contribution in [0.1, 0.15) is 49.1 Å². The summed E-state index contributed by atoms with van der Waals surface area (Å²) in [4.78, 5) is 18.1. The lowest BCUT2D eigenvalue weighted by Crippen LogP contribution is -2.21. The minimum absolute atomic E-state index is 0.172. The first-order valence-corrected chi connectivity index (χ1v) is 9.80. The van der Waals surface area contributed by atoms with Crippen molar-refractivity contribution in [3.63, 3.8) is 0 Å². The third kappa shape index (κ3) is 4.89. The van der Waals surface area contributed by atoms with Crippen molar-refractivity contribution in [2.45, 2.75) is 44.9 Å². The largest absolute Gasteiger partial charge is 0.466 e. The Morgan fingerprint density at radius 3 is 2.74 bits per heavy atom. The number of hydrogen-bond acceptors (Lipinski definition) is 4. The summed E-state index contributed by atoms with van der Waals surface area (Å²) in [5, 5.41) is 0. The minimum Gasteiger partial charge on any atom is -0.466 e. The van der Waals surface area contributed by atoms with Crippen LogP contribution in [0.2, 0.25) is 0 Å². The molecule has 27 heavy (non-hydrogen) atoms. The second-order valence-corrected chi connectivity index (χ2v) is 7.34. The Labute approximate surface area is 161 Å². The Morgan fingerprint density at radius 2 is 2.00 bits per heavy atom. The Morgan fingerprint density at radius 1 is 1.22 bits per heavy atom. The number of carbonyl (C=O) groups is 1. The Hall–Kier alpha value is -2.33. The molecule has 4 nitrogen and oxygen atoms in total. The predicted molar refractivity (Wildman–Crippen MR) is 107 cm³/mol. The van der Waals surface area contributed by atoms with Gasteiger partial charge in [0.05, 0.1) is 13.7 Å². The molecule has 144 valence electrons. The van der Waals surface area contributed by atoms with Gasteiger partial charge in [0.15, 0.2) is 0 Å². The summed E-state index contributed by atoms with van der Waals surface area (Å²) in [5.74, 6) is 0.167. The molecule has 4 heteroatoms. The predicted octanol–water partition coefficient (Wildman–Crippen LogP) is 4.73. The molecule has 0 bridgehead atoms. The van der Waals surface area contributed by atoms with Crippen LogP contribution in [-0.4, -0.2) is 19.7 Å². The number of esters is 1. The van der Waals surface area contributed by atoms with E-state index in [1.165, 1.54) is 39.2 Å². The van der Waals surface area contributed by atoms with E-state index in [9.17, 15) is 4.79 Å². The zero-order chi connectivity index (χ0) is 19.1. The fourth-order valence-corrected chi connectivity index (χ4v) is 3.96. The van der Waals surface area contributed by atoms with Crippen LogP contribution in [0.25, 0.3) is 0 Å². The lowest BCUT2D eigenvalue weighted by molar-refractivity contribution is -0.136. The highest BCUT2D eigenvalue weighted by Crippen LogP contribution is 2.37. The summed E-state index contributed by atoms with van der Waals surface area (Å²) in [6, 6.07) is 8.13. The first kappa shape index (κ1) is 19.4. The van der Waals surface area contributed by atoms with Crippen LogP contribution in [0.15, 0.2) is 59.8 Å². The maximum Gasteiger partial charge on any atom is 0.334 e. The zero-order valence-corrected chi connectivity index (χ0v) is 16.2. The topological polar surface area (TPSA) is 47.6 Å². The molecule has 1 unspecified atom stereocenters. The molecular weight excluding hydrogens is 338 g/mol. The van der Waals surface area contributed by atoms with Gasteiger partial charge >= 0.3 is 5.97 Å². The van der Waals surface area contributed by atoms with Crippen molar-refractivity contribution in [3.8, 4) is 0 Å². The number of carbonyl (C=O) groups excluding carboxylic acids is 1. The molecule has 1 fully saturated rings. The molecule has 0 saturated heterocycles. The highest BCUT2D eigenvalue weighted by molar-refractivity contribution is 5.92. The monoisotopic (exact) mass is 367 g/mol. The summed E-state index contributed by atoms with van der Waals surface area (Å²) in [6.45, 7) is 2.79. The van der Waals surface area contributed by atoms with E-state index in [4.69, 9.17) is 9.57 Å². The van der Waals surface area contributed by atoms with Crippen LogP contribution in [0.3, 0.4) is 0 Å². The number of methoxy groups -OCH3 is 1. The van der Waals surface area contributed by atoms with Gasteiger partial charge in [0, 0.05) is 17.7 Å². The van der Waals surface area contributed by atoms with E-state index >= 15 is 0 Å². The molecule has 2 aliphatic carbocycles. The number of aryl methyl sites for hydroxylation is 1. The first-order chi connectivity index (χ1) is 13.2. The van der Waals surface area contributed by atoms with Crippen LogP contribution in [0.4, 0.5) is 0 Å². The molecular formula is C23H29NO3. The summed E-state index contributed by atoms with van der Waals surface area (Å²) in [6.07, 6.45) is 14.1. The second kappa shape index (κ2) is 9.56. The fourth-order valence-electron chi connectivity index (χ4n) is 3.96. The Bertz CT molecular complexity index is 742. The van der Waals surface area contributed by atoms with E-state index in [0.29, 0.717) is 11.5 Å². The van der Waals surface area contributed by atoms with Gasteiger partial charge in [-0.3, -0.25) is 10.3 Å². The number of hydrogen-bond donors (Lipinski definition) is 1. The average Bonchev–Trinajstić information content (AvgIpc) is 2.72. The van der Waals surface area contributed by atoms with Gasteiger partial charge in [0.2, 0.25) is 0 Å². The highest BCUT2D eigenvalue weighted by Gasteiger charge is 2.28. The molecule has 1 saturated carbocycles. The highest BCUT2D eigenvalue weighted by atomic mass is 16.6. The van der Waals surface area contributed by atoms with Gasteiger partial charge in [0.25, 0.3) is 0 Å². The maximum absolute atomic E-state index is 12.3. The van der Waals surface area contributed by atoms with Crippen LogP contribution in [0, 0.1) is 12.8 Å². The van der Waals surface area contributed by atoms with Gasteiger partial charge in [-0.25, -0.2) is 4.79 Å². The van der Waals surface area contributed by atoms with Gasteiger partial charge in [-0.05, 0) is 42.4 Å². The van der Waals surface area contributed by atoms with Crippen molar-refractivity contribution in [1.29, 1.82) is 0 Å². The van der Waals surface area contributed by atoms with Crippen LogP contribution in [-0.2, 0) is 14.4 Å². The van der Waals surface area contributed by atoms with Crippen molar-refractivity contribution in [2.75, 3.05) is 13.7 Å². The van der Waals surface area contributed by atoms with E-state index in [1.54, 1.807) is 0 Å². The zero-order valence-electron chi connectivity index (χ0n) is 16.2. The van der Waals surface area contributed by atoms with Crippen LogP contribution >= 0.6 is 0 Å². The number of rotatable bonds is 6. The molecule has 2 aliphatic rings. The molecule has 0 radical (unpaired) electrons. The van der Waals surface area contributed by atoms with E-state index < -0.39 is 0 Å². The molecule has 0 spiro atoms. The SMILES string of the molecule is COC(=O)C1=CC=CC(=CNOCC2CCCCC2)C1c1ccccc1C. The van der Waals surface area contributed by atoms with Crippen LogP contribution < -0.4 is 5.48 Å². The van der Waals surface area contributed by atoms with Crippen molar-refractivity contribution in [2.24, 2.45) is 5.92 Å². The third-order valence-electron chi connectivity index (χ3n) is 5.48. The third-order valence-corrected chi connectivity index (χ3v) is 5.48. The Balaban J connectivity index is 1.75. The summed E-state index contributed by atoms with van der Waals surface area (Å²) in [5.41, 5.74) is 6.86. The summed E-state index contributed by atoms with van der Waals surface area (Å²) in [7, 11) is 1.42. The van der Waals surface area contributed by atoms with Gasteiger partial charge < -0.3 is 4.74 Å².